The summed E-state index contributed by atoms with van der Waals surface area (Å²) in [7, 11) is -9.93. The van der Waals surface area contributed by atoms with Crippen molar-refractivity contribution in [3.63, 3.8) is 0 Å². The number of carbonyl (C=O) groups excluding carboxylic acids is 4. The van der Waals surface area contributed by atoms with Gasteiger partial charge in [-0.3, -0.25) is 37.3 Å². The fourth-order valence-corrected chi connectivity index (χ4v) is 12.6. The fraction of sp³-hybridized carbons (Fsp3) is 0.895. The summed E-state index contributed by atoms with van der Waals surface area (Å²) in [6, 6.07) is 0. The second-order valence-electron chi connectivity index (χ2n) is 27.7. The molecule has 0 fully saturated rings. The van der Waals surface area contributed by atoms with Crippen molar-refractivity contribution in [2.75, 3.05) is 39.6 Å². The molecule has 0 heterocycles. The minimum atomic E-state index is -4.96. The topological polar surface area (TPSA) is 237 Å². The second-order valence-corrected chi connectivity index (χ2v) is 30.6. The Bertz CT molecular complexity index is 1950. The number of allylic oxidation sites excluding steroid dienone is 4. The first-order valence-corrected chi connectivity index (χ1v) is 41.7. The van der Waals surface area contributed by atoms with Crippen molar-refractivity contribution in [3.8, 4) is 0 Å². The van der Waals surface area contributed by atoms with Crippen molar-refractivity contribution in [1.82, 2.24) is 0 Å². The molecule has 7 atom stereocenters. The Morgan fingerprint density at radius 2 is 0.621 bits per heavy atom. The summed E-state index contributed by atoms with van der Waals surface area (Å²) < 4.78 is 68.5. The highest BCUT2D eigenvalue weighted by Crippen LogP contribution is 2.45. The van der Waals surface area contributed by atoms with Crippen molar-refractivity contribution in [3.05, 3.63) is 24.3 Å². The molecule has 4 unspecified atom stereocenters. The number of hydrogen-bond acceptors (Lipinski definition) is 15. The zero-order valence-corrected chi connectivity index (χ0v) is 63.4. The van der Waals surface area contributed by atoms with Gasteiger partial charge in [-0.05, 0) is 69.1 Å². The Hall–Kier alpha value is -2.46. The Morgan fingerprint density at radius 1 is 0.347 bits per heavy atom. The number of unbranched alkanes of at least 4 members (excludes halogenated alkanes) is 35. The van der Waals surface area contributed by atoms with Crippen LogP contribution in [-0.4, -0.2) is 96.7 Å². The number of esters is 4. The van der Waals surface area contributed by atoms with E-state index in [2.05, 4.69) is 72.8 Å². The highest BCUT2D eigenvalue weighted by atomic mass is 31.2. The van der Waals surface area contributed by atoms with Gasteiger partial charge in [0.2, 0.25) is 0 Å². The van der Waals surface area contributed by atoms with Gasteiger partial charge < -0.3 is 33.8 Å². The summed E-state index contributed by atoms with van der Waals surface area (Å²) in [5.74, 6) is 0.155. The lowest BCUT2D eigenvalue weighted by Gasteiger charge is -2.21. The van der Waals surface area contributed by atoms with Gasteiger partial charge in [-0.2, -0.15) is 0 Å². The molecular formula is C76H144O17P2. The van der Waals surface area contributed by atoms with Crippen LogP contribution in [0.25, 0.3) is 0 Å². The van der Waals surface area contributed by atoms with Crippen LogP contribution in [0, 0.1) is 17.8 Å². The first kappa shape index (κ1) is 92.5. The van der Waals surface area contributed by atoms with Gasteiger partial charge in [0.05, 0.1) is 26.4 Å². The van der Waals surface area contributed by atoms with Gasteiger partial charge in [0.1, 0.15) is 19.3 Å². The third-order valence-corrected chi connectivity index (χ3v) is 19.6. The molecule has 0 bridgehead atoms. The molecule has 19 heteroatoms. The maximum atomic E-state index is 13.1. The number of rotatable bonds is 72. The van der Waals surface area contributed by atoms with Crippen LogP contribution >= 0.6 is 15.6 Å². The number of carbonyl (C=O) groups is 4. The van der Waals surface area contributed by atoms with E-state index in [0.29, 0.717) is 25.7 Å². The molecule has 0 aromatic heterocycles. The van der Waals surface area contributed by atoms with Crippen molar-refractivity contribution < 1.29 is 80.2 Å². The molecule has 0 amide bonds. The van der Waals surface area contributed by atoms with E-state index in [1.807, 2.05) is 0 Å². The van der Waals surface area contributed by atoms with Crippen LogP contribution in [0.3, 0.4) is 0 Å². The molecule has 0 aromatic carbocycles. The maximum absolute atomic E-state index is 13.1. The second kappa shape index (κ2) is 66.1. The molecule has 0 spiro atoms. The lowest BCUT2D eigenvalue weighted by Crippen LogP contribution is -2.30. The molecule has 17 nitrogen and oxygen atoms in total. The number of aliphatic hydroxyl groups excluding tert-OH is 1. The van der Waals surface area contributed by atoms with E-state index in [0.717, 1.165) is 127 Å². The normalized spacial score (nSPS) is 14.8. The highest BCUT2D eigenvalue weighted by Gasteiger charge is 2.30. The summed E-state index contributed by atoms with van der Waals surface area (Å²) in [5, 5.41) is 10.6. The molecule has 0 saturated carbocycles. The number of ether oxygens (including phenoxy) is 4. The lowest BCUT2D eigenvalue weighted by atomic mass is 9.99. The fourth-order valence-electron chi connectivity index (χ4n) is 11.0. The smallest absolute Gasteiger partial charge is 0.462 e. The highest BCUT2D eigenvalue weighted by molar-refractivity contribution is 7.47. The van der Waals surface area contributed by atoms with Gasteiger partial charge in [0.25, 0.3) is 0 Å². The van der Waals surface area contributed by atoms with E-state index in [-0.39, 0.29) is 25.7 Å². The molecule has 0 saturated heterocycles. The minimum Gasteiger partial charge on any atom is -0.462 e. The Morgan fingerprint density at radius 3 is 0.937 bits per heavy atom. The van der Waals surface area contributed by atoms with Gasteiger partial charge in [0.15, 0.2) is 12.2 Å². The average molecular weight is 1390 g/mol. The van der Waals surface area contributed by atoms with E-state index in [4.69, 9.17) is 37.0 Å². The largest absolute Gasteiger partial charge is 0.472 e. The number of aliphatic hydroxyl groups is 1. The maximum Gasteiger partial charge on any atom is 0.472 e. The predicted molar refractivity (Wildman–Crippen MR) is 386 cm³/mol. The molecule has 3 N–H and O–H groups in total. The molecule has 0 aliphatic heterocycles. The zero-order valence-electron chi connectivity index (χ0n) is 61.6. The summed E-state index contributed by atoms with van der Waals surface area (Å²) in [4.78, 5) is 72.8. The molecule has 0 radical (unpaired) electrons. The van der Waals surface area contributed by atoms with E-state index >= 15 is 0 Å². The first-order chi connectivity index (χ1) is 45.8. The van der Waals surface area contributed by atoms with Gasteiger partial charge in [0, 0.05) is 25.7 Å². The number of hydrogen-bond donors (Lipinski definition) is 3. The van der Waals surface area contributed by atoms with Crippen LogP contribution in [0.2, 0.25) is 0 Å². The summed E-state index contributed by atoms with van der Waals surface area (Å²) in [6.07, 6.45) is 54.9. The van der Waals surface area contributed by atoms with Gasteiger partial charge >= 0.3 is 39.5 Å². The van der Waals surface area contributed by atoms with Crippen LogP contribution < -0.4 is 0 Å². The van der Waals surface area contributed by atoms with E-state index in [1.54, 1.807) is 0 Å². The van der Waals surface area contributed by atoms with Gasteiger partial charge in [-0.15, -0.1) is 0 Å². The molecular weight excluding hydrogens is 1250 g/mol. The van der Waals surface area contributed by atoms with Crippen molar-refractivity contribution in [2.24, 2.45) is 17.8 Å². The quantitative estimate of drug-likeness (QED) is 0.0169. The van der Waals surface area contributed by atoms with Crippen LogP contribution in [0.5, 0.6) is 0 Å². The first-order valence-electron chi connectivity index (χ1n) is 38.7. The Kier molecular flexibility index (Phi) is 64.4. The van der Waals surface area contributed by atoms with E-state index in [1.165, 1.54) is 154 Å². The molecule has 560 valence electrons. The number of phosphoric acid groups is 2. The SMILES string of the molecule is CCCCCC/C=C\C=C/CCCCCCCC(=O)O[C@H](COC(=O)CCCCCCCCCCC(C)CC)COP(=O)(O)OC[C@@H](O)COP(=O)(O)OC[C@@H](COC(=O)CCCCCCCCC(C)CC)OC(=O)CCCCCCCCCCCCCCCCCC(C)C. The predicted octanol–water partition coefficient (Wildman–Crippen LogP) is 21.7. The minimum absolute atomic E-state index is 0.0842. The standard InChI is InChI=1S/C76H144O17P2/c1-8-11-12-13-14-15-16-17-19-23-26-29-36-45-52-59-75(80)92-71(63-86-73(78)57-50-43-35-32-31-34-41-48-55-68(6)9-2)65-90-94(82,83)88-61-70(77)62-89-95(84,85)91-66-72(64-87-74(79)58-51-44-39-38-42-49-56-69(7)10-3)93-76(81)60-53-46-37-30-27-24-21-18-20-22-25-28-33-40-47-54-67(4)5/h15-17,19,67-72,77H,8-14,18,20-66H2,1-7H3,(H,82,83)(H,84,85)/b16-15-,19-17-/t68?,69?,70-,71-,72-/m1/s1. The molecule has 95 heavy (non-hydrogen) atoms. The Balaban J connectivity index is 5.28. The van der Waals surface area contributed by atoms with Crippen LogP contribution in [0.1, 0.15) is 363 Å². The van der Waals surface area contributed by atoms with E-state index < -0.39 is 97.5 Å². The molecule has 0 aliphatic carbocycles. The van der Waals surface area contributed by atoms with Crippen LogP contribution in [0.4, 0.5) is 0 Å². The van der Waals surface area contributed by atoms with Crippen molar-refractivity contribution in [1.29, 1.82) is 0 Å². The summed E-state index contributed by atoms with van der Waals surface area (Å²) >= 11 is 0. The third kappa shape index (κ3) is 67.2. The van der Waals surface area contributed by atoms with Crippen LogP contribution in [0.15, 0.2) is 24.3 Å². The van der Waals surface area contributed by atoms with E-state index in [9.17, 15) is 43.2 Å². The molecule has 0 aliphatic rings. The zero-order chi connectivity index (χ0) is 70.1. The lowest BCUT2D eigenvalue weighted by molar-refractivity contribution is -0.161. The average Bonchev–Trinajstić information content (AvgIpc) is 1.42. The van der Waals surface area contributed by atoms with Crippen molar-refractivity contribution >= 4 is 39.5 Å². The van der Waals surface area contributed by atoms with Gasteiger partial charge in [-0.1, -0.05) is 310 Å². The summed E-state index contributed by atoms with van der Waals surface area (Å²) in [5.41, 5.74) is 0. The van der Waals surface area contributed by atoms with Gasteiger partial charge in [-0.25, -0.2) is 9.13 Å². The molecule has 0 aromatic rings. The summed E-state index contributed by atoms with van der Waals surface area (Å²) in [6.45, 7) is 11.8. The monoisotopic (exact) mass is 1390 g/mol. The Labute approximate surface area is 580 Å². The van der Waals surface area contributed by atoms with Crippen molar-refractivity contribution in [2.45, 2.75) is 381 Å². The van der Waals surface area contributed by atoms with Crippen LogP contribution in [-0.2, 0) is 65.4 Å². The third-order valence-electron chi connectivity index (χ3n) is 17.7. The number of phosphoric ester groups is 2. The molecule has 0 rings (SSSR count).